The van der Waals surface area contributed by atoms with Gasteiger partial charge in [-0.1, -0.05) is 6.07 Å². The average molecular weight is 219 g/mol. The maximum atomic E-state index is 11.8. The first-order valence-corrected chi connectivity index (χ1v) is 5.07. The van der Waals surface area contributed by atoms with Crippen molar-refractivity contribution in [3.05, 3.63) is 35.8 Å². The lowest BCUT2D eigenvalue weighted by molar-refractivity contribution is 0.0938. The Labute approximate surface area is 92.7 Å². The van der Waals surface area contributed by atoms with Gasteiger partial charge in [0.15, 0.2) is 0 Å². The molecule has 5 heteroatoms. The van der Waals surface area contributed by atoms with Gasteiger partial charge in [0, 0.05) is 12.7 Å². The quantitative estimate of drug-likeness (QED) is 0.783. The second-order valence-corrected chi connectivity index (χ2v) is 3.45. The van der Waals surface area contributed by atoms with Crippen LogP contribution in [0.25, 0.3) is 5.65 Å². The van der Waals surface area contributed by atoms with Crippen LogP contribution in [-0.4, -0.2) is 33.6 Å². The molecule has 2 N–H and O–H groups in total. The summed E-state index contributed by atoms with van der Waals surface area (Å²) in [5.41, 5.74) is 1.94. The Morgan fingerprint density at radius 3 is 3.12 bits per heavy atom. The van der Waals surface area contributed by atoms with E-state index in [2.05, 4.69) is 10.3 Å². The van der Waals surface area contributed by atoms with Gasteiger partial charge in [-0.2, -0.15) is 0 Å². The molecule has 2 rings (SSSR count). The van der Waals surface area contributed by atoms with Gasteiger partial charge in [-0.15, -0.1) is 0 Å². The molecular formula is C11H13N3O2. The first-order valence-electron chi connectivity index (χ1n) is 5.07. The molecule has 0 aromatic carbocycles. The average Bonchev–Trinajstić information content (AvgIpc) is 2.62. The number of pyridine rings is 1. The molecule has 1 amide bonds. The molecular weight excluding hydrogens is 206 g/mol. The number of nitrogens with zero attached hydrogens (tertiary/aromatic N) is 2. The van der Waals surface area contributed by atoms with Gasteiger partial charge in [-0.3, -0.25) is 9.20 Å². The first-order chi connectivity index (χ1) is 7.74. The van der Waals surface area contributed by atoms with Crippen LogP contribution in [0.1, 0.15) is 16.2 Å². The largest absolute Gasteiger partial charge is 0.395 e. The normalized spacial score (nSPS) is 10.6. The van der Waals surface area contributed by atoms with E-state index < -0.39 is 0 Å². The van der Waals surface area contributed by atoms with E-state index in [1.807, 2.05) is 18.2 Å². The van der Waals surface area contributed by atoms with Crippen LogP contribution in [0.4, 0.5) is 0 Å². The molecule has 0 bridgehead atoms. The van der Waals surface area contributed by atoms with Crippen molar-refractivity contribution < 1.29 is 9.90 Å². The Hall–Kier alpha value is -1.88. The number of hydrogen-bond donors (Lipinski definition) is 2. The van der Waals surface area contributed by atoms with Crippen molar-refractivity contribution in [2.45, 2.75) is 6.92 Å². The minimum Gasteiger partial charge on any atom is -0.395 e. The fourth-order valence-corrected chi connectivity index (χ4v) is 1.64. The van der Waals surface area contributed by atoms with Crippen LogP contribution < -0.4 is 5.32 Å². The molecule has 0 fully saturated rings. The molecule has 0 unspecified atom stereocenters. The summed E-state index contributed by atoms with van der Waals surface area (Å²) in [6.07, 6.45) is 1.79. The Morgan fingerprint density at radius 1 is 1.56 bits per heavy atom. The lowest BCUT2D eigenvalue weighted by Gasteiger charge is -2.03. The molecule has 0 saturated carbocycles. The molecule has 16 heavy (non-hydrogen) atoms. The summed E-state index contributed by atoms with van der Waals surface area (Å²) < 4.78 is 1.74. The van der Waals surface area contributed by atoms with Crippen LogP contribution in [0.5, 0.6) is 0 Å². The molecule has 84 valence electrons. The third-order valence-corrected chi connectivity index (χ3v) is 2.32. The van der Waals surface area contributed by atoms with Gasteiger partial charge in [0.25, 0.3) is 5.91 Å². The zero-order valence-corrected chi connectivity index (χ0v) is 8.97. The summed E-state index contributed by atoms with van der Waals surface area (Å²) in [6.45, 7) is 1.97. The van der Waals surface area contributed by atoms with Crippen molar-refractivity contribution in [1.29, 1.82) is 0 Å². The lowest BCUT2D eigenvalue weighted by atomic mass is 10.3. The number of carbonyl (C=O) groups is 1. The SMILES string of the molecule is Cc1nc2ccccn2c1C(=O)NCCO. The van der Waals surface area contributed by atoms with Crippen LogP contribution in [0, 0.1) is 6.92 Å². The highest BCUT2D eigenvalue weighted by molar-refractivity contribution is 5.94. The van der Waals surface area contributed by atoms with Gasteiger partial charge in [0.1, 0.15) is 11.3 Å². The van der Waals surface area contributed by atoms with Crippen molar-refractivity contribution >= 4 is 11.6 Å². The van der Waals surface area contributed by atoms with Gasteiger partial charge in [-0.05, 0) is 19.1 Å². The Kier molecular flexibility index (Phi) is 2.87. The van der Waals surface area contributed by atoms with E-state index in [1.165, 1.54) is 0 Å². The molecule has 2 heterocycles. The summed E-state index contributed by atoms with van der Waals surface area (Å²) in [6, 6.07) is 5.56. The summed E-state index contributed by atoms with van der Waals surface area (Å²) in [7, 11) is 0. The van der Waals surface area contributed by atoms with Gasteiger partial charge >= 0.3 is 0 Å². The minimum absolute atomic E-state index is 0.0679. The minimum atomic E-state index is -0.217. The number of fused-ring (bicyclic) bond motifs is 1. The van der Waals surface area contributed by atoms with Gasteiger partial charge < -0.3 is 10.4 Å². The summed E-state index contributed by atoms with van der Waals surface area (Å²) in [5.74, 6) is -0.217. The highest BCUT2D eigenvalue weighted by Gasteiger charge is 2.15. The van der Waals surface area contributed by atoms with Crippen molar-refractivity contribution in [3.63, 3.8) is 0 Å². The fourth-order valence-electron chi connectivity index (χ4n) is 1.64. The van der Waals surface area contributed by atoms with Crippen molar-refractivity contribution in [2.75, 3.05) is 13.2 Å². The Bertz CT molecular complexity index is 519. The Balaban J connectivity index is 2.43. The zero-order valence-electron chi connectivity index (χ0n) is 8.97. The molecule has 0 atom stereocenters. The first kappa shape index (κ1) is 10.6. The summed E-state index contributed by atoms with van der Waals surface area (Å²) in [5, 5.41) is 11.3. The van der Waals surface area contributed by atoms with Crippen LogP contribution in [-0.2, 0) is 0 Å². The highest BCUT2D eigenvalue weighted by Crippen LogP contribution is 2.11. The van der Waals surface area contributed by atoms with Crippen molar-refractivity contribution in [2.24, 2.45) is 0 Å². The van der Waals surface area contributed by atoms with Crippen LogP contribution >= 0.6 is 0 Å². The summed E-state index contributed by atoms with van der Waals surface area (Å²) >= 11 is 0. The smallest absolute Gasteiger partial charge is 0.270 e. The highest BCUT2D eigenvalue weighted by atomic mass is 16.3. The molecule has 0 aliphatic heterocycles. The number of carbonyl (C=O) groups excluding carboxylic acids is 1. The van der Waals surface area contributed by atoms with Gasteiger partial charge in [0.05, 0.1) is 12.3 Å². The maximum Gasteiger partial charge on any atom is 0.270 e. The van der Waals surface area contributed by atoms with Crippen LogP contribution in [0.2, 0.25) is 0 Å². The van der Waals surface area contributed by atoms with E-state index in [-0.39, 0.29) is 19.1 Å². The fraction of sp³-hybridized carbons (Fsp3) is 0.273. The number of amides is 1. The number of rotatable bonds is 3. The number of aliphatic hydroxyl groups is 1. The van der Waals surface area contributed by atoms with Gasteiger partial charge in [0.2, 0.25) is 0 Å². The molecule has 0 aliphatic rings. The number of nitrogens with one attached hydrogen (secondary N) is 1. The molecule has 5 nitrogen and oxygen atoms in total. The molecule has 0 radical (unpaired) electrons. The van der Waals surface area contributed by atoms with Gasteiger partial charge in [-0.25, -0.2) is 4.98 Å². The van der Waals surface area contributed by atoms with E-state index in [4.69, 9.17) is 5.11 Å². The van der Waals surface area contributed by atoms with Crippen LogP contribution in [0.15, 0.2) is 24.4 Å². The number of hydrogen-bond acceptors (Lipinski definition) is 3. The molecule has 2 aromatic rings. The number of aromatic nitrogens is 2. The lowest BCUT2D eigenvalue weighted by Crippen LogP contribution is -2.28. The number of aryl methyl sites for hydroxylation is 1. The van der Waals surface area contributed by atoms with E-state index in [1.54, 1.807) is 17.5 Å². The molecule has 0 spiro atoms. The molecule has 2 aromatic heterocycles. The maximum absolute atomic E-state index is 11.8. The van der Waals surface area contributed by atoms with E-state index >= 15 is 0 Å². The van der Waals surface area contributed by atoms with E-state index in [0.717, 1.165) is 5.65 Å². The van der Waals surface area contributed by atoms with Crippen molar-refractivity contribution in [1.82, 2.24) is 14.7 Å². The summed E-state index contributed by atoms with van der Waals surface area (Å²) in [4.78, 5) is 16.1. The monoisotopic (exact) mass is 219 g/mol. The third kappa shape index (κ3) is 1.77. The van der Waals surface area contributed by atoms with E-state index in [0.29, 0.717) is 11.4 Å². The molecule has 0 aliphatic carbocycles. The predicted molar refractivity (Wildman–Crippen MR) is 59.3 cm³/mol. The zero-order chi connectivity index (χ0) is 11.5. The number of aliphatic hydroxyl groups excluding tert-OH is 1. The number of imidazole rings is 1. The Morgan fingerprint density at radius 2 is 2.38 bits per heavy atom. The van der Waals surface area contributed by atoms with Crippen molar-refractivity contribution in [3.8, 4) is 0 Å². The third-order valence-electron chi connectivity index (χ3n) is 2.32. The molecule has 0 saturated heterocycles. The van der Waals surface area contributed by atoms with Crippen LogP contribution in [0.3, 0.4) is 0 Å². The predicted octanol–water partition coefficient (Wildman–Crippen LogP) is 0.365. The second kappa shape index (κ2) is 4.32. The second-order valence-electron chi connectivity index (χ2n) is 3.45. The van der Waals surface area contributed by atoms with E-state index in [9.17, 15) is 4.79 Å². The standard InChI is InChI=1S/C11H13N3O2/c1-8-10(11(16)12-5-7-15)14-6-3-2-4-9(14)13-8/h2-4,6,15H,5,7H2,1H3,(H,12,16). The topological polar surface area (TPSA) is 66.6 Å².